The maximum atomic E-state index is 12.2. The monoisotopic (exact) mass is 238 g/mol. The summed E-state index contributed by atoms with van der Waals surface area (Å²) in [6, 6.07) is 19.9. The van der Waals surface area contributed by atoms with Crippen LogP contribution in [0, 0.1) is 5.92 Å². The summed E-state index contributed by atoms with van der Waals surface area (Å²) in [5.74, 6) is 0.319. The number of rotatable bonds is 5. The number of benzene rings is 2. The molecule has 0 spiro atoms. The molecule has 0 aromatic heterocycles. The van der Waals surface area contributed by atoms with Crippen molar-refractivity contribution in [1.29, 1.82) is 0 Å². The van der Waals surface area contributed by atoms with Gasteiger partial charge in [-0.2, -0.15) is 0 Å². The van der Waals surface area contributed by atoms with E-state index in [4.69, 9.17) is 0 Å². The smallest absolute Gasteiger partial charge is 0.165 e. The Kier molecular flexibility index (Phi) is 4.30. The van der Waals surface area contributed by atoms with Gasteiger partial charge in [0.25, 0.3) is 0 Å². The molecule has 2 aromatic carbocycles. The molecule has 0 fully saturated rings. The van der Waals surface area contributed by atoms with Crippen LogP contribution in [0.4, 0.5) is 0 Å². The summed E-state index contributed by atoms with van der Waals surface area (Å²) in [5.41, 5.74) is 2.11. The predicted molar refractivity (Wildman–Crippen MR) is 74.7 cm³/mol. The van der Waals surface area contributed by atoms with Crippen molar-refractivity contribution in [3.63, 3.8) is 0 Å². The van der Waals surface area contributed by atoms with Crippen molar-refractivity contribution >= 4 is 5.78 Å². The summed E-state index contributed by atoms with van der Waals surface area (Å²) in [7, 11) is 0. The number of hydrogen-bond acceptors (Lipinski definition) is 1. The van der Waals surface area contributed by atoms with Gasteiger partial charge >= 0.3 is 0 Å². The van der Waals surface area contributed by atoms with E-state index >= 15 is 0 Å². The van der Waals surface area contributed by atoms with Gasteiger partial charge in [-0.05, 0) is 18.4 Å². The Morgan fingerprint density at radius 3 is 2.11 bits per heavy atom. The van der Waals surface area contributed by atoms with Crippen molar-refractivity contribution < 1.29 is 4.79 Å². The maximum Gasteiger partial charge on any atom is 0.165 e. The van der Waals surface area contributed by atoms with E-state index in [-0.39, 0.29) is 11.7 Å². The zero-order valence-corrected chi connectivity index (χ0v) is 10.7. The number of aryl methyl sites for hydroxylation is 1. The summed E-state index contributed by atoms with van der Waals surface area (Å²) in [6.45, 7) is 2.01. The molecule has 1 atom stereocenters. The Morgan fingerprint density at radius 2 is 1.50 bits per heavy atom. The molecule has 0 unspecified atom stereocenters. The normalized spacial score (nSPS) is 12.1. The lowest BCUT2D eigenvalue weighted by atomic mass is 9.93. The minimum Gasteiger partial charge on any atom is -0.294 e. The molecule has 2 rings (SSSR count). The molecular weight excluding hydrogens is 220 g/mol. The number of carbonyl (C=O) groups is 1. The van der Waals surface area contributed by atoms with Crippen LogP contribution < -0.4 is 0 Å². The number of carbonyl (C=O) groups excluding carboxylic acids is 1. The molecule has 1 heteroatoms. The lowest BCUT2D eigenvalue weighted by Crippen LogP contribution is -2.12. The zero-order valence-electron chi connectivity index (χ0n) is 10.7. The first-order valence-corrected chi connectivity index (χ1v) is 6.40. The Hall–Kier alpha value is -1.89. The second kappa shape index (κ2) is 6.15. The summed E-state index contributed by atoms with van der Waals surface area (Å²) in [4.78, 5) is 12.2. The van der Waals surface area contributed by atoms with Gasteiger partial charge in [0.05, 0.1) is 0 Å². The summed E-state index contributed by atoms with van der Waals surface area (Å²) < 4.78 is 0. The lowest BCUT2D eigenvalue weighted by Gasteiger charge is -2.10. The van der Waals surface area contributed by atoms with Crippen LogP contribution in [0.25, 0.3) is 0 Å². The molecule has 18 heavy (non-hydrogen) atoms. The molecule has 0 saturated carbocycles. The number of Topliss-reactive ketones (excluding diaryl/α,β-unsaturated/α-hetero) is 1. The Labute approximate surface area is 108 Å². The van der Waals surface area contributed by atoms with Crippen LogP contribution in [-0.2, 0) is 6.42 Å². The van der Waals surface area contributed by atoms with Gasteiger partial charge in [0.1, 0.15) is 0 Å². The van der Waals surface area contributed by atoms with Gasteiger partial charge in [-0.3, -0.25) is 4.79 Å². The predicted octanol–water partition coefficient (Wildman–Crippen LogP) is 4.14. The van der Waals surface area contributed by atoms with Crippen molar-refractivity contribution in [1.82, 2.24) is 0 Å². The van der Waals surface area contributed by atoms with Crippen LogP contribution in [0.1, 0.15) is 29.3 Å². The molecule has 1 nitrogen and oxygen atoms in total. The van der Waals surface area contributed by atoms with E-state index in [0.29, 0.717) is 0 Å². The summed E-state index contributed by atoms with van der Waals surface area (Å²) >= 11 is 0. The second-order valence-electron chi connectivity index (χ2n) is 4.66. The third-order valence-electron chi connectivity index (χ3n) is 3.21. The highest BCUT2D eigenvalue weighted by Gasteiger charge is 2.14. The van der Waals surface area contributed by atoms with Crippen molar-refractivity contribution in [2.24, 2.45) is 5.92 Å². The fourth-order valence-corrected chi connectivity index (χ4v) is 2.05. The minimum absolute atomic E-state index is 0.0765. The highest BCUT2D eigenvalue weighted by atomic mass is 16.1. The van der Waals surface area contributed by atoms with Crippen molar-refractivity contribution in [2.45, 2.75) is 19.8 Å². The van der Waals surface area contributed by atoms with Gasteiger partial charge in [-0.15, -0.1) is 0 Å². The van der Waals surface area contributed by atoms with Gasteiger partial charge in [0, 0.05) is 11.5 Å². The van der Waals surface area contributed by atoms with E-state index in [1.807, 2.05) is 55.5 Å². The van der Waals surface area contributed by atoms with Crippen molar-refractivity contribution in [3.05, 3.63) is 71.8 Å². The SMILES string of the molecule is C[C@H](CCc1ccccc1)C(=O)c1ccccc1. The highest BCUT2D eigenvalue weighted by molar-refractivity contribution is 5.97. The first-order valence-electron chi connectivity index (χ1n) is 6.40. The van der Waals surface area contributed by atoms with Crippen LogP contribution in [0.15, 0.2) is 60.7 Å². The third kappa shape index (κ3) is 3.30. The van der Waals surface area contributed by atoms with Crippen LogP contribution in [0.5, 0.6) is 0 Å². The van der Waals surface area contributed by atoms with Gasteiger partial charge in [-0.25, -0.2) is 0 Å². The fraction of sp³-hybridized carbons (Fsp3) is 0.235. The Bertz CT molecular complexity index is 488. The van der Waals surface area contributed by atoms with E-state index in [1.54, 1.807) is 0 Å². The van der Waals surface area contributed by atoms with Gasteiger partial charge in [0.2, 0.25) is 0 Å². The molecule has 0 aliphatic heterocycles. The largest absolute Gasteiger partial charge is 0.294 e. The van der Waals surface area contributed by atoms with Gasteiger partial charge in [0.15, 0.2) is 5.78 Å². The van der Waals surface area contributed by atoms with Crippen LogP contribution >= 0.6 is 0 Å². The molecule has 0 N–H and O–H groups in total. The molecule has 0 amide bonds. The van der Waals surface area contributed by atoms with Crippen LogP contribution in [0.3, 0.4) is 0 Å². The highest BCUT2D eigenvalue weighted by Crippen LogP contribution is 2.15. The lowest BCUT2D eigenvalue weighted by molar-refractivity contribution is 0.0924. The van der Waals surface area contributed by atoms with Gasteiger partial charge < -0.3 is 0 Å². The zero-order chi connectivity index (χ0) is 12.8. The molecular formula is C17H18O. The van der Waals surface area contributed by atoms with Crippen LogP contribution in [0.2, 0.25) is 0 Å². The summed E-state index contributed by atoms with van der Waals surface area (Å²) in [5, 5.41) is 0. The molecule has 92 valence electrons. The van der Waals surface area contributed by atoms with Crippen molar-refractivity contribution in [3.8, 4) is 0 Å². The molecule has 0 saturated heterocycles. The molecule has 0 radical (unpaired) electrons. The molecule has 0 bridgehead atoms. The standard InChI is InChI=1S/C17H18O/c1-14(12-13-15-8-4-2-5-9-15)17(18)16-10-6-3-7-11-16/h2-11,14H,12-13H2,1H3/t14-/m1/s1. The third-order valence-corrected chi connectivity index (χ3v) is 3.21. The minimum atomic E-state index is 0.0765. The fourth-order valence-electron chi connectivity index (χ4n) is 2.05. The Balaban J connectivity index is 1.93. The average molecular weight is 238 g/mol. The topological polar surface area (TPSA) is 17.1 Å². The first kappa shape index (κ1) is 12.6. The molecule has 2 aromatic rings. The number of ketones is 1. The van der Waals surface area contributed by atoms with Crippen LogP contribution in [-0.4, -0.2) is 5.78 Å². The van der Waals surface area contributed by atoms with Gasteiger partial charge in [-0.1, -0.05) is 67.6 Å². The number of hydrogen-bond donors (Lipinski definition) is 0. The average Bonchev–Trinajstić information content (AvgIpc) is 2.46. The first-order chi connectivity index (χ1) is 8.77. The molecule has 0 aliphatic rings. The molecule has 0 aliphatic carbocycles. The quantitative estimate of drug-likeness (QED) is 0.715. The van der Waals surface area contributed by atoms with E-state index in [9.17, 15) is 4.79 Å². The van der Waals surface area contributed by atoms with E-state index in [1.165, 1.54) is 5.56 Å². The Morgan fingerprint density at radius 1 is 0.944 bits per heavy atom. The van der Waals surface area contributed by atoms with E-state index in [0.717, 1.165) is 18.4 Å². The van der Waals surface area contributed by atoms with E-state index < -0.39 is 0 Å². The van der Waals surface area contributed by atoms with Crippen molar-refractivity contribution in [2.75, 3.05) is 0 Å². The maximum absolute atomic E-state index is 12.2. The second-order valence-corrected chi connectivity index (χ2v) is 4.66. The molecule has 0 heterocycles. The van der Waals surface area contributed by atoms with E-state index in [2.05, 4.69) is 12.1 Å². The summed E-state index contributed by atoms with van der Waals surface area (Å²) in [6.07, 6.45) is 1.86.